The highest BCUT2D eigenvalue weighted by atomic mass is 16.7. The molecule has 0 N–H and O–H groups in total. The molecule has 1 atom stereocenters. The molecule has 0 aliphatic heterocycles. The van der Waals surface area contributed by atoms with Crippen molar-refractivity contribution in [3.05, 3.63) is 35.5 Å². The zero-order chi connectivity index (χ0) is 21.7. The summed E-state index contributed by atoms with van der Waals surface area (Å²) in [7, 11) is 3.25. The molecule has 8 nitrogen and oxygen atoms in total. The topological polar surface area (TPSA) is 78.2 Å². The van der Waals surface area contributed by atoms with Gasteiger partial charge in [-0.25, -0.2) is 19.2 Å². The number of rotatable bonds is 9. The number of benzene rings is 1. The van der Waals surface area contributed by atoms with Crippen molar-refractivity contribution >= 4 is 22.9 Å². The zero-order valence-corrected chi connectivity index (χ0v) is 18.3. The Hall–Kier alpha value is -2.87. The molecule has 0 bridgehead atoms. The van der Waals surface area contributed by atoms with Gasteiger partial charge in [0.15, 0.2) is 0 Å². The van der Waals surface area contributed by atoms with Gasteiger partial charge in [0.25, 0.3) is 0 Å². The SMILES string of the molecule is CCc1c(C(C)CC)nc2nc3ccccc3n2c1OCOC(=O)N(C)CCOC. The highest BCUT2D eigenvalue weighted by Crippen LogP contribution is 2.32. The molecule has 30 heavy (non-hydrogen) atoms. The summed E-state index contributed by atoms with van der Waals surface area (Å²) in [5.41, 5.74) is 3.73. The molecule has 0 radical (unpaired) electrons. The second kappa shape index (κ2) is 9.75. The van der Waals surface area contributed by atoms with Crippen molar-refractivity contribution in [1.82, 2.24) is 19.3 Å². The number of methoxy groups -OCH3 is 1. The second-order valence-electron chi connectivity index (χ2n) is 7.27. The largest absolute Gasteiger partial charge is 0.441 e. The van der Waals surface area contributed by atoms with Crippen molar-refractivity contribution in [1.29, 1.82) is 0 Å². The van der Waals surface area contributed by atoms with Gasteiger partial charge >= 0.3 is 6.09 Å². The lowest BCUT2D eigenvalue weighted by molar-refractivity contribution is 0.0322. The van der Waals surface area contributed by atoms with Gasteiger partial charge in [-0.3, -0.25) is 0 Å². The number of carbonyl (C=O) groups is 1. The fraction of sp³-hybridized carbons (Fsp3) is 0.500. The van der Waals surface area contributed by atoms with Gasteiger partial charge < -0.3 is 19.1 Å². The van der Waals surface area contributed by atoms with Crippen LogP contribution in [0.25, 0.3) is 16.8 Å². The number of hydrogen-bond acceptors (Lipinski definition) is 6. The summed E-state index contributed by atoms with van der Waals surface area (Å²) >= 11 is 0. The van der Waals surface area contributed by atoms with E-state index in [4.69, 9.17) is 19.2 Å². The average molecular weight is 415 g/mol. The Morgan fingerprint density at radius 1 is 1.23 bits per heavy atom. The molecule has 162 valence electrons. The van der Waals surface area contributed by atoms with Gasteiger partial charge in [0.2, 0.25) is 18.5 Å². The Kier molecular flexibility index (Phi) is 7.10. The van der Waals surface area contributed by atoms with Gasteiger partial charge in [-0.2, -0.15) is 0 Å². The summed E-state index contributed by atoms with van der Waals surface area (Å²) in [5.74, 6) is 1.47. The molecule has 3 rings (SSSR count). The third kappa shape index (κ3) is 4.33. The van der Waals surface area contributed by atoms with E-state index in [0.717, 1.165) is 35.1 Å². The average Bonchev–Trinajstić information content (AvgIpc) is 3.14. The van der Waals surface area contributed by atoms with Crippen LogP contribution in [0.15, 0.2) is 24.3 Å². The number of aromatic nitrogens is 3. The lowest BCUT2D eigenvalue weighted by atomic mass is 9.99. The number of imidazole rings is 1. The maximum absolute atomic E-state index is 12.2. The number of amides is 1. The summed E-state index contributed by atoms with van der Waals surface area (Å²) in [5, 5.41) is 0. The molecule has 2 aromatic heterocycles. The number of fused-ring (bicyclic) bond motifs is 3. The van der Waals surface area contributed by atoms with Crippen molar-refractivity contribution in [3.63, 3.8) is 0 Å². The minimum atomic E-state index is -0.465. The molecule has 1 amide bonds. The second-order valence-corrected chi connectivity index (χ2v) is 7.27. The van der Waals surface area contributed by atoms with E-state index in [0.29, 0.717) is 24.8 Å². The number of carbonyl (C=O) groups excluding carboxylic acids is 1. The van der Waals surface area contributed by atoms with Crippen LogP contribution in [0.1, 0.15) is 44.4 Å². The molecular weight excluding hydrogens is 384 g/mol. The maximum atomic E-state index is 12.2. The number of para-hydroxylation sites is 2. The maximum Gasteiger partial charge on any atom is 0.412 e. The summed E-state index contributed by atoms with van der Waals surface area (Å²) in [6, 6.07) is 7.84. The third-order valence-electron chi connectivity index (χ3n) is 5.29. The molecule has 8 heteroatoms. The Labute approximate surface area is 176 Å². The first-order chi connectivity index (χ1) is 14.5. The molecule has 0 saturated carbocycles. The number of nitrogens with zero attached hydrogens (tertiary/aromatic N) is 4. The van der Waals surface area contributed by atoms with Crippen LogP contribution in [0.5, 0.6) is 5.88 Å². The molecule has 0 aliphatic rings. The highest BCUT2D eigenvalue weighted by molar-refractivity contribution is 5.80. The standard InChI is InChI=1S/C22H30N4O4/c1-6-15(3)19-16(7-2)20(29-14-30-22(27)25(4)12-13-28-5)26-18-11-9-8-10-17(18)23-21(26)24-19/h8-11,15H,6-7,12-14H2,1-5H3. The quantitative estimate of drug-likeness (QED) is 0.492. The molecule has 0 spiro atoms. The summed E-state index contributed by atoms with van der Waals surface area (Å²) < 4.78 is 18.3. The van der Waals surface area contributed by atoms with Crippen LogP contribution in [0.3, 0.4) is 0 Å². The van der Waals surface area contributed by atoms with Gasteiger partial charge in [0.05, 0.1) is 23.3 Å². The van der Waals surface area contributed by atoms with E-state index in [9.17, 15) is 4.79 Å². The molecule has 1 aromatic carbocycles. The molecule has 0 saturated heterocycles. The molecule has 3 aromatic rings. The fourth-order valence-electron chi connectivity index (χ4n) is 3.36. The number of likely N-dealkylation sites (N-methyl/N-ethyl adjacent to an activating group) is 1. The minimum absolute atomic E-state index is 0.200. The Balaban J connectivity index is 1.97. The first kappa shape index (κ1) is 21.8. The van der Waals surface area contributed by atoms with Crippen molar-refractivity contribution in [3.8, 4) is 5.88 Å². The van der Waals surface area contributed by atoms with E-state index >= 15 is 0 Å². The van der Waals surface area contributed by atoms with Gasteiger partial charge in [-0.05, 0) is 30.9 Å². The smallest absolute Gasteiger partial charge is 0.412 e. The molecule has 2 heterocycles. The lowest BCUT2D eigenvalue weighted by Gasteiger charge is -2.20. The highest BCUT2D eigenvalue weighted by Gasteiger charge is 2.22. The molecular formula is C22H30N4O4. The summed E-state index contributed by atoms with van der Waals surface area (Å²) in [6.45, 7) is 7.04. The van der Waals surface area contributed by atoms with E-state index in [1.165, 1.54) is 4.90 Å². The van der Waals surface area contributed by atoms with Crippen LogP contribution in [0.2, 0.25) is 0 Å². The monoisotopic (exact) mass is 414 g/mol. The Morgan fingerprint density at radius 3 is 2.70 bits per heavy atom. The van der Waals surface area contributed by atoms with Crippen LogP contribution in [0, 0.1) is 0 Å². The zero-order valence-electron chi connectivity index (χ0n) is 18.3. The Morgan fingerprint density at radius 2 is 2.00 bits per heavy atom. The molecule has 1 unspecified atom stereocenters. The van der Waals surface area contributed by atoms with E-state index in [1.54, 1.807) is 14.2 Å². The third-order valence-corrected chi connectivity index (χ3v) is 5.29. The summed E-state index contributed by atoms with van der Waals surface area (Å²) in [6.07, 6.45) is 1.23. The molecule has 0 aliphatic carbocycles. The summed E-state index contributed by atoms with van der Waals surface area (Å²) in [4.78, 5) is 23.2. The first-order valence-electron chi connectivity index (χ1n) is 10.3. The van der Waals surface area contributed by atoms with Gasteiger partial charge in [0.1, 0.15) is 0 Å². The van der Waals surface area contributed by atoms with Gasteiger partial charge in [0, 0.05) is 26.3 Å². The van der Waals surface area contributed by atoms with Crippen molar-refractivity contribution in [2.45, 2.75) is 39.5 Å². The predicted octanol–water partition coefficient (Wildman–Crippen LogP) is 4.01. The predicted molar refractivity (Wildman–Crippen MR) is 115 cm³/mol. The van der Waals surface area contributed by atoms with Gasteiger partial charge in [-0.1, -0.05) is 32.9 Å². The lowest BCUT2D eigenvalue weighted by Crippen LogP contribution is -2.31. The van der Waals surface area contributed by atoms with Crippen LogP contribution < -0.4 is 4.74 Å². The van der Waals surface area contributed by atoms with Crippen molar-refractivity contribution < 1.29 is 19.0 Å². The Bertz CT molecular complexity index is 1020. The number of ether oxygens (including phenoxy) is 3. The van der Waals surface area contributed by atoms with Crippen LogP contribution in [-0.4, -0.2) is 59.5 Å². The van der Waals surface area contributed by atoms with Crippen LogP contribution in [0.4, 0.5) is 4.79 Å². The number of hydrogen-bond donors (Lipinski definition) is 0. The van der Waals surface area contributed by atoms with E-state index in [2.05, 4.69) is 25.8 Å². The normalized spacial score (nSPS) is 12.3. The van der Waals surface area contributed by atoms with E-state index in [-0.39, 0.29) is 12.7 Å². The van der Waals surface area contributed by atoms with Crippen LogP contribution >= 0.6 is 0 Å². The minimum Gasteiger partial charge on any atom is -0.441 e. The molecule has 0 fully saturated rings. The van der Waals surface area contributed by atoms with Crippen molar-refractivity contribution in [2.24, 2.45) is 0 Å². The fourth-order valence-corrected chi connectivity index (χ4v) is 3.36. The van der Waals surface area contributed by atoms with Crippen molar-refractivity contribution in [2.75, 3.05) is 34.1 Å². The first-order valence-corrected chi connectivity index (χ1v) is 10.3. The van der Waals surface area contributed by atoms with Gasteiger partial charge in [-0.15, -0.1) is 0 Å². The van der Waals surface area contributed by atoms with E-state index < -0.39 is 6.09 Å². The van der Waals surface area contributed by atoms with E-state index in [1.807, 2.05) is 28.7 Å². The van der Waals surface area contributed by atoms with Crippen LogP contribution in [-0.2, 0) is 15.9 Å².